The van der Waals surface area contributed by atoms with Gasteiger partial charge in [0.2, 0.25) is 0 Å². The second-order valence-corrected chi connectivity index (χ2v) is 11.9. The van der Waals surface area contributed by atoms with Gasteiger partial charge in [0, 0.05) is 49.6 Å². The molecule has 2 aromatic rings. The number of nitrogens with zero attached hydrogens (tertiary/aromatic N) is 2. The van der Waals surface area contributed by atoms with E-state index in [9.17, 15) is 0 Å². The van der Waals surface area contributed by atoms with E-state index in [-0.39, 0.29) is 0 Å². The molecule has 1 aliphatic heterocycles. The summed E-state index contributed by atoms with van der Waals surface area (Å²) in [5.74, 6) is 1.56. The van der Waals surface area contributed by atoms with Crippen LogP contribution in [0.5, 0.6) is 0 Å². The van der Waals surface area contributed by atoms with E-state index in [2.05, 4.69) is 87.5 Å². The number of rotatable bonds is 14. The summed E-state index contributed by atoms with van der Waals surface area (Å²) in [6.45, 7) is 20.3. The Balaban J connectivity index is 1.17. The van der Waals surface area contributed by atoms with Crippen molar-refractivity contribution in [1.82, 2.24) is 9.88 Å². The molecule has 210 valence electrons. The Morgan fingerprint density at radius 3 is 2.62 bits per heavy atom. The number of pyridine rings is 1. The van der Waals surface area contributed by atoms with Crippen LogP contribution in [-0.4, -0.2) is 48.8 Å². The first-order valence-electron chi connectivity index (χ1n) is 14.8. The van der Waals surface area contributed by atoms with E-state index in [4.69, 9.17) is 9.47 Å². The van der Waals surface area contributed by atoms with Crippen LogP contribution in [0.15, 0.2) is 67.2 Å². The first-order valence-corrected chi connectivity index (χ1v) is 14.8. The van der Waals surface area contributed by atoms with E-state index in [1.165, 1.54) is 65.7 Å². The lowest BCUT2D eigenvalue weighted by molar-refractivity contribution is -0.138. The fourth-order valence-corrected chi connectivity index (χ4v) is 6.03. The molecule has 39 heavy (non-hydrogen) atoms. The molecule has 4 rings (SSSR count). The van der Waals surface area contributed by atoms with Gasteiger partial charge in [-0.1, -0.05) is 57.2 Å². The van der Waals surface area contributed by atoms with Crippen molar-refractivity contribution in [2.45, 2.75) is 72.8 Å². The Hall–Kier alpha value is -2.69. The molecule has 1 aromatic carbocycles. The second-order valence-electron chi connectivity index (χ2n) is 11.9. The Morgan fingerprint density at radius 1 is 1.13 bits per heavy atom. The summed E-state index contributed by atoms with van der Waals surface area (Å²) >= 11 is 0. The quantitative estimate of drug-likeness (QED) is 0.141. The first-order chi connectivity index (χ1) is 18.8. The summed E-state index contributed by atoms with van der Waals surface area (Å²) in [4.78, 5) is 6.84. The van der Waals surface area contributed by atoms with Gasteiger partial charge in [0.1, 0.15) is 5.76 Å². The zero-order chi connectivity index (χ0) is 27.8. The number of likely N-dealkylation sites (tertiary alicyclic amines) is 1. The molecular formula is C35H48N2O2. The van der Waals surface area contributed by atoms with Crippen molar-refractivity contribution in [3.63, 3.8) is 0 Å². The Morgan fingerprint density at radius 2 is 1.92 bits per heavy atom. The zero-order valence-electron chi connectivity index (χ0n) is 24.8. The lowest BCUT2D eigenvalue weighted by Gasteiger charge is -2.58. The van der Waals surface area contributed by atoms with Crippen LogP contribution < -0.4 is 0 Å². The summed E-state index contributed by atoms with van der Waals surface area (Å²) in [6.07, 6.45) is 16.4. The summed E-state index contributed by atoms with van der Waals surface area (Å²) in [6, 6.07) is 8.70. The van der Waals surface area contributed by atoms with Gasteiger partial charge in [-0.05, 0) is 92.3 Å². The van der Waals surface area contributed by atoms with E-state index >= 15 is 0 Å². The molecule has 1 saturated carbocycles. The van der Waals surface area contributed by atoms with Crippen LogP contribution in [0, 0.1) is 25.2 Å². The number of aromatic nitrogens is 1. The number of benzene rings is 1. The van der Waals surface area contributed by atoms with Gasteiger partial charge in [0.15, 0.2) is 0 Å². The highest BCUT2D eigenvalue weighted by Gasteiger charge is 2.53. The first kappa shape index (κ1) is 29.3. The Kier molecular flexibility index (Phi) is 10.2. The van der Waals surface area contributed by atoms with Crippen LogP contribution in [0.3, 0.4) is 0 Å². The minimum Gasteiger partial charge on any atom is -0.491 e. The molecule has 1 aliphatic carbocycles. The summed E-state index contributed by atoms with van der Waals surface area (Å²) < 4.78 is 12.1. The number of hydrogen-bond donors (Lipinski definition) is 0. The van der Waals surface area contributed by atoms with Gasteiger partial charge in [0.25, 0.3) is 0 Å². The van der Waals surface area contributed by atoms with Crippen molar-refractivity contribution >= 4 is 5.57 Å². The van der Waals surface area contributed by atoms with E-state index in [0.717, 1.165) is 44.3 Å². The van der Waals surface area contributed by atoms with Crippen LogP contribution in [0.25, 0.3) is 16.7 Å². The maximum atomic E-state index is 6.19. The molecule has 2 aliphatic rings. The van der Waals surface area contributed by atoms with E-state index in [1.54, 1.807) is 0 Å². The van der Waals surface area contributed by atoms with Crippen molar-refractivity contribution in [1.29, 1.82) is 0 Å². The molecule has 0 bridgehead atoms. The predicted molar refractivity (Wildman–Crippen MR) is 164 cm³/mol. The second kappa shape index (κ2) is 13.6. The maximum Gasteiger partial charge on any atom is 0.112 e. The highest BCUT2D eigenvalue weighted by molar-refractivity contribution is 5.78. The molecule has 1 unspecified atom stereocenters. The molecule has 1 spiro atoms. The number of ether oxygens (including phenoxy) is 2. The Bertz CT molecular complexity index is 1170. The van der Waals surface area contributed by atoms with E-state index < -0.39 is 0 Å². The van der Waals surface area contributed by atoms with Crippen molar-refractivity contribution in [3.05, 3.63) is 83.9 Å². The molecule has 0 amide bonds. The SMILES string of the molecule is C=C(/C=C\C(=C/C)c1ccc(-c2cnccc2C)c(C)c1)OC1CC2(C1)CN(CCOCCCC(C)CC)C2. The third kappa shape index (κ3) is 7.70. The molecule has 4 heteroatoms. The average Bonchev–Trinajstić information content (AvgIpc) is 2.88. The van der Waals surface area contributed by atoms with Gasteiger partial charge in [-0.3, -0.25) is 9.88 Å². The molecule has 1 aromatic heterocycles. The largest absolute Gasteiger partial charge is 0.491 e. The predicted octanol–water partition coefficient (Wildman–Crippen LogP) is 8.16. The monoisotopic (exact) mass is 528 g/mol. The molecule has 0 N–H and O–H groups in total. The summed E-state index contributed by atoms with van der Waals surface area (Å²) in [7, 11) is 0. The molecule has 2 fully saturated rings. The van der Waals surface area contributed by atoms with Crippen molar-refractivity contribution < 1.29 is 9.47 Å². The van der Waals surface area contributed by atoms with Gasteiger partial charge in [0.05, 0.1) is 12.7 Å². The summed E-state index contributed by atoms with van der Waals surface area (Å²) in [5, 5.41) is 0. The van der Waals surface area contributed by atoms with Gasteiger partial charge in [-0.15, -0.1) is 0 Å². The zero-order valence-corrected chi connectivity index (χ0v) is 24.8. The highest BCUT2D eigenvalue weighted by Crippen LogP contribution is 2.50. The topological polar surface area (TPSA) is 34.6 Å². The van der Waals surface area contributed by atoms with Crippen molar-refractivity contribution in [2.75, 3.05) is 32.8 Å². The Labute approximate surface area is 236 Å². The summed E-state index contributed by atoms with van der Waals surface area (Å²) in [5.41, 5.74) is 7.73. The molecular weight excluding hydrogens is 480 g/mol. The van der Waals surface area contributed by atoms with Crippen LogP contribution in [-0.2, 0) is 9.47 Å². The van der Waals surface area contributed by atoms with E-state index in [1.807, 2.05) is 18.5 Å². The van der Waals surface area contributed by atoms with Crippen molar-refractivity contribution in [2.24, 2.45) is 11.3 Å². The normalized spacial score (nSPS) is 18.2. The van der Waals surface area contributed by atoms with Crippen LogP contribution in [0.1, 0.15) is 69.6 Å². The minimum absolute atomic E-state index is 0.291. The highest BCUT2D eigenvalue weighted by atomic mass is 16.5. The van der Waals surface area contributed by atoms with Crippen LogP contribution in [0.4, 0.5) is 0 Å². The molecule has 4 nitrogen and oxygen atoms in total. The number of aryl methyl sites for hydroxylation is 2. The van der Waals surface area contributed by atoms with Gasteiger partial charge in [-0.2, -0.15) is 0 Å². The average molecular weight is 529 g/mol. The standard InChI is InChI=1S/C35H48N2O2/c1-7-26(3)10-9-18-38-19-17-37-24-35(25-37)21-32(22-35)39-29(6)11-12-30(8-2)31-13-14-33(28(5)20-31)34-23-36-16-15-27(34)4/h8,11-16,20,23,26,32H,6-7,9-10,17-19,21-22,24-25H2,1-5H3/b12-11-,30-8+. The van der Waals surface area contributed by atoms with E-state index in [0.29, 0.717) is 11.5 Å². The van der Waals surface area contributed by atoms with Crippen LogP contribution in [0.2, 0.25) is 0 Å². The number of allylic oxidation sites excluding steroid dienone is 4. The van der Waals surface area contributed by atoms with Gasteiger partial charge >= 0.3 is 0 Å². The fraction of sp³-hybridized carbons (Fsp3) is 0.514. The third-order valence-corrected chi connectivity index (χ3v) is 8.64. The maximum absolute atomic E-state index is 6.19. The van der Waals surface area contributed by atoms with Gasteiger partial charge < -0.3 is 9.47 Å². The lowest BCUT2D eigenvalue weighted by atomic mass is 9.62. The number of hydrogen-bond acceptors (Lipinski definition) is 4. The fourth-order valence-electron chi connectivity index (χ4n) is 6.03. The lowest BCUT2D eigenvalue weighted by Crippen LogP contribution is -2.64. The third-order valence-electron chi connectivity index (χ3n) is 8.64. The minimum atomic E-state index is 0.291. The molecule has 1 saturated heterocycles. The molecule has 2 heterocycles. The van der Waals surface area contributed by atoms with Crippen LogP contribution >= 0.6 is 0 Å². The molecule has 1 atom stereocenters. The molecule has 0 radical (unpaired) electrons. The van der Waals surface area contributed by atoms with Crippen molar-refractivity contribution in [3.8, 4) is 11.1 Å². The smallest absolute Gasteiger partial charge is 0.112 e. The van der Waals surface area contributed by atoms with Gasteiger partial charge in [-0.25, -0.2) is 0 Å².